The van der Waals surface area contributed by atoms with Crippen LogP contribution in [0, 0.1) is 0 Å². The van der Waals surface area contributed by atoms with Gasteiger partial charge in [0.2, 0.25) is 5.91 Å². The van der Waals surface area contributed by atoms with Crippen molar-refractivity contribution in [2.24, 2.45) is 5.73 Å². The molecule has 1 aliphatic rings. The molecule has 0 bridgehead atoms. The monoisotopic (exact) mass is 525 g/mol. The average molecular weight is 526 g/mol. The summed E-state index contributed by atoms with van der Waals surface area (Å²) in [4.78, 5) is 26.9. The lowest BCUT2D eigenvalue weighted by Gasteiger charge is -2.33. The first-order valence-corrected chi connectivity index (χ1v) is 12.6. The number of halogens is 2. The van der Waals surface area contributed by atoms with Crippen molar-refractivity contribution in [3.8, 4) is 5.75 Å². The number of carbonyl (C=O) groups excluding carboxylic acids is 2. The molecular weight excluding hydrogens is 497 g/mol. The molecule has 1 heterocycles. The maximum absolute atomic E-state index is 12.3. The molecule has 184 valence electrons. The minimum atomic E-state index is -1.09. The quantitative estimate of drug-likeness (QED) is 0.458. The summed E-state index contributed by atoms with van der Waals surface area (Å²) >= 11 is 13.5. The van der Waals surface area contributed by atoms with Crippen LogP contribution in [0.15, 0.2) is 47.4 Å². The topological polar surface area (TPSA) is 93.9 Å². The third kappa shape index (κ3) is 8.06. The summed E-state index contributed by atoms with van der Waals surface area (Å²) in [5, 5.41) is 4.04. The van der Waals surface area contributed by atoms with E-state index in [9.17, 15) is 9.59 Å². The molecule has 0 aromatic heterocycles. The summed E-state index contributed by atoms with van der Waals surface area (Å²) in [5.41, 5.74) is 5.33. The van der Waals surface area contributed by atoms with Gasteiger partial charge in [-0.15, -0.1) is 11.8 Å². The van der Waals surface area contributed by atoms with Gasteiger partial charge in [-0.2, -0.15) is 0 Å². The summed E-state index contributed by atoms with van der Waals surface area (Å²) in [6.07, 6.45) is -0.0736. The van der Waals surface area contributed by atoms with Gasteiger partial charge in [0.15, 0.2) is 5.60 Å². The molecule has 1 atom stereocenters. The summed E-state index contributed by atoms with van der Waals surface area (Å²) in [7, 11) is 0. The third-order valence-corrected chi connectivity index (χ3v) is 7.05. The lowest BCUT2D eigenvalue weighted by molar-refractivity contribution is -0.130. The minimum absolute atomic E-state index is 0.0644. The standard InChI is InChI=1S/C24H29Cl2N3O4S/c1-24(2,23(27)31)33-17-4-6-19(7-5-17)34-15-22(30)28-12-18-14-29(9-10-32-18)13-16-3-8-20(25)21(26)11-16/h3-8,11,18H,9-10,12-15H2,1-2H3,(H2,27,31)(H,28,30)/t18-/m0/s1. The Hall–Kier alpha value is -1.97. The van der Waals surface area contributed by atoms with E-state index in [-0.39, 0.29) is 17.8 Å². The molecule has 0 unspecified atom stereocenters. The number of thioether (sulfide) groups is 1. The normalized spacial score (nSPS) is 16.8. The Bertz CT molecular complexity index is 1000. The second kappa shape index (κ2) is 12.1. The van der Waals surface area contributed by atoms with E-state index in [2.05, 4.69) is 10.2 Å². The Balaban J connectivity index is 1.39. The van der Waals surface area contributed by atoms with Crippen LogP contribution in [0.25, 0.3) is 0 Å². The highest BCUT2D eigenvalue weighted by Gasteiger charge is 2.27. The lowest BCUT2D eigenvalue weighted by atomic mass is 10.1. The smallest absolute Gasteiger partial charge is 0.261 e. The minimum Gasteiger partial charge on any atom is -0.478 e. The zero-order chi connectivity index (χ0) is 24.7. The van der Waals surface area contributed by atoms with Crippen molar-refractivity contribution in [2.45, 2.75) is 37.0 Å². The molecule has 0 saturated carbocycles. The lowest BCUT2D eigenvalue weighted by Crippen LogP contribution is -2.47. The largest absolute Gasteiger partial charge is 0.478 e. The fourth-order valence-electron chi connectivity index (χ4n) is 3.32. The van der Waals surface area contributed by atoms with Crippen LogP contribution in [0.4, 0.5) is 0 Å². The van der Waals surface area contributed by atoms with Gasteiger partial charge in [-0.25, -0.2) is 0 Å². The van der Waals surface area contributed by atoms with Crippen molar-refractivity contribution >= 4 is 46.8 Å². The first-order valence-electron chi connectivity index (χ1n) is 10.9. The number of morpholine rings is 1. The van der Waals surface area contributed by atoms with Crippen molar-refractivity contribution in [3.05, 3.63) is 58.1 Å². The number of ether oxygens (including phenoxy) is 2. The molecule has 1 fully saturated rings. The van der Waals surface area contributed by atoms with Crippen LogP contribution in [0.3, 0.4) is 0 Å². The number of benzene rings is 2. The molecule has 10 heteroatoms. The van der Waals surface area contributed by atoms with E-state index in [4.69, 9.17) is 38.4 Å². The molecule has 2 aromatic carbocycles. The van der Waals surface area contributed by atoms with Crippen LogP contribution in [0.5, 0.6) is 5.75 Å². The van der Waals surface area contributed by atoms with Gasteiger partial charge in [0.25, 0.3) is 5.91 Å². The predicted molar refractivity (Wildman–Crippen MR) is 136 cm³/mol. The molecule has 3 rings (SSSR count). The van der Waals surface area contributed by atoms with Gasteiger partial charge in [-0.05, 0) is 55.8 Å². The first-order chi connectivity index (χ1) is 16.1. The Labute approximate surface area is 214 Å². The zero-order valence-corrected chi connectivity index (χ0v) is 21.5. The Morgan fingerprint density at radius 3 is 2.62 bits per heavy atom. The van der Waals surface area contributed by atoms with E-state index >= 15 is 0 Å². The van der Waals surface area contributed by atoms with Crippen LogP contribution in [0.2, 0.25) is 10.0 Å². The van der Waals surface area contributed by atoms with Crippen LogP contribution >= 0.6 is 35.0 Å². The molecule has 34 heavy (non-hydrogen) atoms. The summed E-state index contributed by atoms with van der Waals surface area (Å²) in [6.45, 7) is 6.57. The van der Waals surface area contributed by atoms with E-state index in [1.807, 2.05) is 24.3 Å². The summed E-state index contributed by atoms with van der Waals surface area (Å²) < 4.78 is 11.4. The number of rotatable bonds is 10. The maximum atomic E-state index is 12.3. The molecule has 3 N–H and O–H groups in total. The van der Waals surface area contributed by atoms with Gasteiger partial charge in [-0.1, -0.05) is 29.3 Å². The van der Waals surface area contributed by atoms with Crippen molar-refractivity contribution in [2.75, 3.05) is 32.0 Å². The average Bonchev–Trinajstić information content (AvgIpc) is 2.79. The van der Waals surface area contributed by atoms with Crippen molar-refractivity contribution in [1.82, 2.24) is 10.2 Å². The van der Waals surface area contributed by atoms with E-state index < -0.39 is 11.5 Å². The first kappa shape index (κ1) is 26.6. The van der Waals surface area contributed by atoms with Crippen molar-refractivity contribution in [1.29, 1.82) is 0 Å². The van der Waals surface area contributed by atoms with Gasteiger partial charge in [0.1, 0.15) is 5.75 Å². The molecule has 2 amide bonds. The Morgan fingerprint density at radius 2 is 1.94 bits per heavy atom. The van der Waals surface area contributed by atoms with Crippen molar-refractivity contribution in [3.63, 3.8) is 0 Å². The summed E-state index contributed by atoms with van der Waals surface area (Å²) in [6, 6.07) is 12.8. The molecule has 0 aliphatic carbocycles. The molecule has 2 aromatic rings. The van der Waals surface area contributed by atoms with Crippen LogP contribution in [-0.4, -0.2) is 60.4 Å². The van der Waals surface area contributed by atoms with E-state index in [0.29, 0.717) is 28.9 Å². The number of primary amides is 1. The number of nitrogens with zero attached hydrogens (tertiary/aromatic N) is 1. The molecule has 1 aliphatic heterocycles. The van der Waals surface area contributed by atoms with Gasteiger partial charge < -0.3 is 20.5 Å². The number of carbonyl (C=O) groups is 2. The van der Waals surface area contributed by atoms with E-state index in [0.717, 1.165) is 30.1 Å². The SMILES string of the molecule is CC(C)(Oc1ccc(SCC(=O)NC[C@H]2CN(Cc3ccc(Cl)c(Cl)c3)CCO2)cc1)C(N)=O. The molecule has 0 spiro atoms. The molecule has 1 saturated heterocycles. The summed E-state index contributed by atoms with van der Waals surface area (Å²) in [5.74, 6) is 0.220. The third-order valence-electron chi connectivity index (χ3n) is 5.30. The Morgan fingerprint density at radius 1 is 1.21 bits per heavy atom. The van der Waals surface area contributed by atoms with E-state index in [1.165, 1.54) is 11.8 Å². The highest BCUT2D eigenvalue weighted by molar-refractivity contribution is 8.00. The second-order valence-corrected chi connectivity index (χ2v) is 10.4. The van der Waals surface area contributed by atoms with E-state index in [1.54, 1.807) is 32.0 Å². The van der Waals surface area contributed by atoms with Gasteiger partial charge in [0, 0.05) is 31.1 Å². The highest BCUT2D eigenvalue weighted by atomic mass is 35.5. The fraction of sp³-hybridized carbons (Fsp3) is 0.417. The fourth-order valence-corrected chi connectivity index (χ4v) is 4.37. The number of amides is 2. The second-order valence-electron chi connectivity index (χ2n) is 8.52. The molecular formula is C24H29Cl2N3O4S. The molecule has 7 nitrogen and oxygen atoms in total. The predicted octanol–water partition coefficient (Wildman–Crippen LogP) is 3.75. The Kier molecular flexibility index (Phi) is 9.50. The number of hydrogen-bond acceptors (Lipinski definition) is 6. The number of nitrogens with two attached hydrogens (primary N) is 1. The zero-order valence-electron chi connectivity index (χ0n) is 19.2. The highest BCUT2D eigenvalue weighted by Crippen LogP contribution is 2.25. The van der Waals surface area contributed by atoms with Crippen molar-refractivity contribution < 1.29 is 19.1 Å². The van der Waals surface area contributed by atoms with Gasteiger partial charge in [0.05, 0.1) is 28.5 Å². The van der Waals surface area contributed by atoms with Crippen LogP contribution < -0.4 is 15.8 Å². The molecule has 0 radical (unpaired) electrons. The van der Waals surface area contributed by atoms with Gasteiger partial charge >= 0.3 is 0 Å². The maximum Gasteiger partial charge on any atom is 0.261 e. The van der Waals surface area contributed by atoms with Gasteiger partial charge in [-0.3, -0.25) is 14.5 Å². The van der Waals surface area contributed by atoms with Crippen LogP contribution in [-0.2, 0) is 20.9 Å². The number of nitrogens with one attached hydrogen (secondary N) is 1. The van der Waals surface area contributed by atoms with Crippen LogP contribution in [0.1, 0.15) is 19.4 Å². The number of hydrogen-bond donors (Lipinski definition) is 2.